The predicted octanol–water partition coefficient (Wildman–Crippen LogP) is 0.427. The topological polar surface area (TPSA) is 75.7 Å². The van der Waals surface area contributed by atoms with Crippen LogP contribution in [0, 0.1) is 0 Å². The van der Waals surface area contributed by atoms with Crippen molar-refractivity contribution < 1.29 is 17.9 Å². The van der Waals surface area contributed by atoms with Gasteiger partial charge in [0, 0.05) is 26.2 Å². The Morgan fingerprint density at radius 2 is 1.90 bits per heavy atom. The van der Waals surface area contributed by atoms with Gasteiger partial charge in [-0.15, -0.1) is 0 Å². The summed E-state index contributed by atoms with van der Waals surface area (Å²) >= 11 is 0. The zero-order chi connectivity index (χ0) is 15.9. The third kappa shape index (κ3) is 7.78. The van der Waals surface area contributed by atoms with Crippen LogP contribution in [0.2, 0.25) is 0 Å². The Kier molecular flexibility index (Phi) is 7.62. The van der Waals surface area contributed by atoms with Crippen LogP contribution in [0.4, 0.5) is 0 Å². The molecule has 0 radical (unpaired) electrons. The van der Waals surface area contributed by atoms with Gasteiger partial charge in [0.25, 0.3) is 0 Å². The lowest BCUT2D eigenvalue weighted by atomic mass is 10.2. The summed E-state index contributed by atoms with van der Waals surface area (Å²) in [5, 5.41) is 2.68. The summed E-state index contributed by atoms with van der Waals surface area (Å²) in [6.45, 7) is 9.12. The molecule has 7 heteroatoms. The van der Waals surface area contributed by atoms with Gasteiger partial charge in [0.1, 0.15) is 5.75 Å². The van der Waals surface area contributed by atoms with Gasteiger partial charge >= 0.3 is 0 Å². The van der Waals surface area contributed by atoms with E-state index in [1.54, 1.807) is 6.92 Å². The SMILES string of the molecule is CCCS(=O)(=O)CC(=O)NCCCN1CC(C)OC(C)C1. The number of nitrogens with zero attached hydrogens (tertiary/aromatic N) is 1. The molecule has 0 aliphatic carbocycles. The van der Waals surface area contributed by atoms with Crippen LogP contribution in [-0.2, 0) is 19.4 Å². The Balaban J connectivity index is 2.17. The predicted molar refractivity (Wildman–Crippen MR) is 83.0 cm³/mol. The lowest BCUT2D eigenvalue weighted by Gasteiger charge is -2.35. The summed E-state index contributed by atoms with van der Waals surface area (Å²) in [4.78, 5) is 13.9. The van der Waals surface area contributed by atoms with E-state index in [9.17, 15) is 13.2 Å². The van der Waals surface area contributed by atoms with Gasteiger partial charge in [-0.1, -0.05) is 6.92 Å². The van der Waals surface area contributed by atoms with Crippen LogP contribution in [0.3, 0.4) is 0 Å². The molecule has 0 saturated carbocycles. The number of carbonyl (C=O) groups is 1. The first-order valence-electron chi connectivity index (χ1n) is 7.67. The second-order valence-electron chi connectivity index (χ2n) is 5.81. The molecule has 1 amide bonds. The van der Waals surface area contributed by atoms with Gasteiger partial charge in [-0.05, 0) is 26.7 Å². The fourth-order valence-electron chi connectivity index (χ4n) is 2.63. The summed E-state index contributed by atoms with van der Waals surface area (Å²) in [5.74, 6) is -0.719. The Morgan fingerprint density at radius 1 is 1.29 bits per heavy atom. The van der Waals surface area contributed by atoms with Crippen molar-refractivity contribution >= 4 is 15.7 Å². The smallest absolute Gasteiger partial charge is 0.235 e. The number of ether oxygens (including phenoxy) is 1. The van der Waals surface area contributed by atoms with Crippen LogP contribution in [0.5, 0.6) is 0 Å². The minimum Gasteiger partial charge on any atom is -0.373 e. The second kappa shape index (κ2) is 8.70. The van der Waals surface area contributed by atoms with Crippen LogP contribution in [0.25, 0.3) is 0 Å². The molecule has 1 fully saturated rings. The molecule has 0 bridgehead atoms. The Labute approximate surface area is 128 Å². The molecule has 1 saturated heterocycles. The summed E-state index contributed by atoms with van der Waals surface area (Å²) < 4.78 is 28.7. The molecule has 1 rings (SSSR count). The maximum absolute atomic E-state index is 11.6. The van der Waals surface area contributed by atoms with Crippen LogP contribution in [0.15, 0.2) is 0 Å². The molecule has 2 atom stereocenters. The van der Waals surface area contributed by atoms with Crippen molar-refractivity contribution in [3.8, 4) is 0 Å². The van der Waals surface area contributed by atoms with Crippen LogP contribution >= 0.6 is 0 Å². The summed E-state index contributed by atoms with van der Waals surface area (Å²) in [7, 11) is -3.24. The summed E-state index contributed by atoms with van der Waals surface area (Å²) in [6.07, 6.45) is 1.84. The number of hydrogen-bond donors (Lipinski definition) is 1. The highest BCUT2D eigenvalue weighted by Crippen LogP contribution is 2.10. The van der Waals surface area contributed by atoms with Crippen molar-refractivity contribution in [3.63, 3.8) is 0 Å². The molecule has 6 nitrogen and oxygen atoms in total. The zero-order valence-corrected chi connectivity index (χ0v) is 14.1. The van der Waals surface area contributed by atoms with Crippen molar-refractivity contribution in [2.45, 2.75) is 45.8 Å². The number of morpholine rings is 1. The van der Waals surface area contributed by atoms with Gasteiger partial charge in [-0.3, -0.25) is 9.69 Å². The van der Waals surface area contributed by atoms with Gasteiger partial charge in [0.2, 0.25) is 5.91 Å². The highest BCUT2D eigenvalue weighted by molar-refractivity contribution is 7.92. The van der Waals surface area contributed by atoms with E-state index in [1.807, 2.05) is 0 Å². The maximum atomic E-state index is 11.6. The van der Waals surface area contributed by atoms with E-state index >= 15 is 0 Å². The van der Waals surface area contributed by atoms with Crippen LogP contribution in [-0.4, -0.2) is 69.1 Å². The van der Waals surface area contributed by atoms with Crippen LogP contribution < -0.4 is 5.32 Å². The minimum absolute atomic E-state index is 0.0734. The normalized spacial score (nSPS) is 24.0. The molecule has 1 aliphatic heterocycles. The molecule has 0 spiro atoms. The quantitative estimate of drug-likeness (QED) is 0.656. The molecule has 1 heterocycles. The average molecular weight is 320 g/mol. The number of nitrogens with one attached hydrogen (secondary N) is 1. The second-order valence-corrected chi connectivity index (χ2v) is 8.00. The Bertz CT molecular complexity index is 415. The van der Waals surface area contributed by atoms with E-state index in [0.29, 0.717) is 13.0 Å². The monoisotopic (exact) mass is 320 g/mol. The van der Waals surface area contributed by atoms with E-state index in [4.69, 9.17) is 4.74 Å². The van der Waals surface area contributed by atoms with Crippen molar-refractivity contribution in [3.05, 3.63) is 0 Å². The minimum atomic E-state index is -3.24. The fraction of sp³-hybridized carbons (Fsp3) is 0.929. The summed E-state index contributed by atoms with van der Waals surface area (Å²) in [5.41, 5.74) is 0. The molecular formula is C14H28N2O4S. The average Bonchev–Trinajstić information content (AvgIpc) is 2.32. The molecule has 1 aliphatic rings. The van der Waals surface area contributed by atoms with E-state index in [0.717, 1.165) is 26.1 Å². The Morgan fingerprint density at radius 3 is 2.48 bits per heavy atom. The first-order chi connectivity index (χ1) is 9.82. The number of carbonyl (C=O) groups excluding carboxylic acids is 1. The molecular weight excluding hydrogens is 292 g/mol. The largest absolute Gasteiger partial charge is 0.373 e. The summed E-state index contributed by atoms with van der Waals surface area (Å²) in [6, 6.07) is 0. The molecule has 21 heavy (non-hydrogen) atoms. The zero-order valence-electron chi connectivity index (χ0n) is 13.3. The van der Waals surface area contributed by atoms with Crippen molar-refractivity contribution in [2.75, 3.05) is 37.7 Å². The molecule has 124 valence electrons. The van der Waals surface area contributed by atoms with Crippen molar-refractivity contribution in [1.29, 1.82) is 0 Å². The maximum Gasteiger partial charge on any atom is 0.235 e. The van der Waals surface area contributed by atoms with Gasteiger partial charge in [-0.25, -0.2) is 8.42 Å². The third-order valence-corrected chi connectivity index (χ3v) is 5.07. The number of sulfone groups is 1. The molecule has 0 aromatic carbocycles. The van der Waals surface area contributed by atoms with E-state index in [1.165, 1.54) is 0 Å². The fourth-order valence-corrected chi connectivity index (χ4v) is 3.90. The van der Waals surface area contributed by atoms with Gasteiger partial charge in [0.05, 0.1) is 18.0 Å². The number of amides is 1. The first-order valence-corrected chi connectivity index (χ1v) is 9.49. The van der Waals surface area contributed by atoms with Gasteiger partial charge in [-0.2, -0.15) is 0 Å². The van der Waals surface area contributed by atoms with Crippen molar-refractivity contribution in [1.82, 2.24) is 10.2 Å². The van der Waals surface area contributed by atoms with E-state index < -0.39 is 21.5 Å². The number of rotatable bonds is 8. The first kappa shape index (κ1) is 18.4. The lowest BCUT2D eigenvalue weighted by Crippen LogP contribution is -2.46. The molecule has 1 N–H and O–H groups in total. The molecule has 0 aromatic rings. The van der Waals surface area contributed by atoms with E-state index in [2.05, 4.69) is 24.1 Å². The van der Waals surface area contributed by atoms with E-state index in [-0.39, 0.29) is 18.0 Å². The number of hydrogen-bond acceptors (Lipinski definition) is 5. The van der Waals surface area contributed by atoms with Gasteiger partial charge < -0.3 is 10.1 Å². The van der Waals surface area contributed by atoms with Crippen LogP contribution in [0.1, 0.15) is 33.6 Å². The molecule has 2 unspecified atom stereocenters. The van der Waals surface area contributed by atoms with Crippen molar-refractivity contribution in [2.24, 2.45) is 0 Å². The highest BCUT2D eigenvalue weighted by Gasteiger charge is 2.21. The van der Waals surface area contributed by atoms with Gasteiger partial charge in [0.15, 0.2) is 9.84 Å². The third-order valence-electron chi connectivity index (χ3n) is 3.33. The molecule has 0 aromatic heterocycles. The Hall–Kier alpha value is -0.660. The standard InChI is InChI=1S/C14H28N2O4S/c1-4-8-21(18,19)11-14(17)15-6-5-7-16-9-12(2)20-13(3)10-16/h12-13H,4-11H2,1-3H3,(H,15,17). The lowest BCUT2D eigenvalue weighted by molar-refractivity contribution is -0.118. The highest BCUT2D eigenvalue weighted by atomic mass is 32.2.